The van der Waals surface area contributed by atoms with Gasteiger partial charge in [0.25, 0.3) is 17.7 Å². The average Bonchev–Trinajstić information content (AvgIpc) is 2.89. The first-order valence-corrected chi connectivity index (χ1v) is 11.1. The molecule has 2 N–H and O–H groups in total. The van der Waals surface area contributed by atoms with Crippen LogP contribution in [0.4, 0.5) is 10.2 Å². The Balaban J connectivity index is 1.37. The third-order valence-corrected chi connectivity index (χ3v) is 5.71. The summed E-state index contributed by atoms with van der Waals surface area (Å²) in [4.78, 5) is 48.2. The van der Waals surface area contributed by atoms with Crippen molar-refractivity contribution in [3.8, 4) is 5.75 Å². The van der Waals surface area contributed by atoms with Gasteiger partial charge in [0.05, 0.1) is 12.7 Å². The second-order valence-corrected chi connectivity index (χ2v) is 7.95. The summed E-state index contributed by atoms with van der Waals surface area (Å²) < 4.78 is 18.3. The van der Waals surface area contributed by atoms with Crippen LogP contribution < -0.4 is 15.4 Å². The molecule has 1 fully saturated rings. The van der Waals surface area contributed by atoms with Crippen LogP contribution >= 0.6 is 0 Å². The van der Waals surface area contributed by atoms with Crippen molar-refractivity contribution in [2.75, 3.05) is 25.5 Å². The topological polar surface area (TPSA) is 114 Å². The zero-order valence-corrected chi connectivity index (χ0v) is 19.0. The molecule has 1 aliphatic heterocycles. The minimum atomic E-state index is -0.482. The zero-order chi connectivity index (χ0) is 24.8. The van der Waals surface area contributed by atoms with Crippen molar-refractivity contribution in [2.45, 2.75) is 18.9 Å². The van der Waals surface area contributed by atoms with E-state index in [9.17, 15) is 18.8 Å². The lowest BCUT2D eigenvalue weighted by Crippen LogP contribution is -2.46. The van der Waals surface area contributed by atoms with Crippen LogP contribution in [0.25, 0.3) is 0 Å². The Bertz CT molecular complexity index is 1230. The van der Waals surface area contributed by atoms with Gasteiger partial charge in [0.15, 0.2) is 11.5 Å². The number of aromatic nitrogens is 2. The molecular weight excluding hydrogens is 453 g/mol. The van der Waals surface area contributed by atoms with Crippen LogP contribution in [0.1, 0.15) is 44.0 Å². The van der Waals surface area contributed by atoms with Crippen molar-refractivity contribution in [1.29, 1.82) is 0 Å². The lowest BCUT2D eigenvalue weighted by Gasteiger charge is -2.32. The summed E-state index contributed by atoms with van der Waals surface area (Å²) in [5.41, 5.74) is 0.703. The fourth-order valence-corrected chi connectivity index (χ4v) is 3.86. The molecule has 0 radical (unpaired) electrons. The van der Waals surface area contributed by atoms with Gasteiger partial charge in [-0.2, -0.15) is 0 Å². The minimum Gasteiger partial charge on any atom is -0.496 e. The average molecular weight is 477 g/mol. The van der Waals surface area contributed by atoms with Crippen LogP contribution in [-0.4, -0.2) is 58.8 Å². The predicted molar refractivity (Wildman–Crippen MR) is 126 cm³/mol. The summed E-state index contributed by atoms with van der Waals surface area (Å²) in [6.45, 7) is 0.887. The Morgan fingerprint density at radius 3 is 2.37 bits per heavy atom. The first-order valence-electron chi connectivity index (χ1n) is 11.1. The van der Waals surface area contributed by atoms with Gasteiger partial charge in [-0.15, -0.1) is 0 Å². The van der Waals surface area contributed by atoms with E-state index in [0.717, 1.165) is 0 Å². The number of hydrogen-bond donors (Lipinski definition) is 2. The molecule has 10 heteroatoms. The molecule has 0 spiro atoms. The summed E-state index contributed by atoms with van der Waals surface area (Å²) in [5, 5.41) is 5.54. The van der Waals surface area contributed by atoms with Gasteiger partial charge < -0.3 is 20.3 Å². The summed E-state index contributed by atoms with van der Waals surface area (Å²) in [5.74, 6) is -1.11. The number of halogens is 1. The molecule has 0 aliphatic carbocycles. The maximum Gasteiger partial charge on any atom is 0.273 e. The number of nitrogens with one attached hydrogen (secondary N) is 2. The van der Waals surface area contributed by atoms with Gasteiger partial charge in [-0.1, -0.05) is 12.1 Å². The monoisotopic (exact) mass is 477 g/mol. The van der Waals surface area contributed by atoms with Gasteiger partial charge >= 0.3 is 0 Å². The molecule has 35 heavy (non-hydrogen) atoms. The van der Waals surface area contributed by atoms with E-state index in [-0.39, 0.29) is 23.5 Å². The lowest BCUT2D eigenvalue weighted by molar-refractivity contribution is 0.0697. The predicted octanol–water partition coefficient (Wildman–Crippen LogP) is 2.91. The molecule has 0 saturated carbocycles. The molecule has 4 rings (SSSR count). The maximum absolute atomic E-state index is 13.1. The molecule has 3 amide bonds. The number of hydrogen-bond acceptors (Lipinski definition) is 6. The highest BCUT2D eigenvalue weighted by Crippen LogP contribution is 2.20. The summed E-state index contributed by atoms with van der Waals surface area (Å²) in [6, 6.07) is 12.0. The molecule has 2 heterocycles. The highest BCUT2D eigenvalue weighted by molar-refractivity contribution is 6.08. The van der Waals surface area contributed by atoms with E-state index in [1.165, 1.54) is 43.8 Å². The number of carbonyl (C=O) groups is 3. The molecule has 1 saturated heterocycles. The van der Waals surface area contributed by atoms with Crippen LogP contribution in [0, 0.1) is 5.82 Å². The summed E-state index contributed by atoms with van der Waals surface area (Å²) in [7, 11) is 1.46. The van der Waals surface area contributed by atoms with E-state index in [1.807, 2.05) is 0 Å². The van der Waals surface area contributed by atoms with Gasteiger partial charge in [0.1, 0.15) is 11.6 Å². The van der Waals surface area contributed by atoms with E-state index in [1.54, 1.807) is 29.2 Å². The number of rotatable bonds is 6. The molecule has 0 atom stereocenters. The van der Waals surface area contributed by atoms with Crippen molar-refractivity contribution in [3.05, 3.63) is 83.6 Å². The highest BCUT2D eigenvalue weighted by atomic mass is 19.1. The highest BCUT2D eigenvalue weighted by Gasteiger charge is 2.26. The molecule has 0 bridgehead atoms. The Hall–Kier alpha value is -4.34. The molecule has 3 aromatic rings. The van der Waals surface area contributed by atoms with E-state index < -0.39 is 17.6 Å². The smallest absolute Gasteiger partial charge is 0.273 e. The van der Waals surface area contributed by atoms with Crippen molar-refractivity contribution in [2.24, 2.45) is 0 Å². The molecule has 1 aromatic heterocycles. The van der Waals surface area contributed by atoms with Crippen molar-refractivity contribution in [1.82, 2.24) is 20.2 Å². The summed E-state index contributed by atoms with van der Waals surface area (Å²) in [6.07, 6.45) is 3.84. The quantitative estimate of drug-likeness (QED) is 0.565. The minimum absolute atomic E-state index is 0.0134. The number of ether oxygens (including phenoxy) is 1. The second kappa shape index (κ2) is 10.7. The molecular formula is C25H24FN5O4. The second-order valence-electron chi connectivity index (χ2n) is 7.95. The number of benzene rings is 2. The maximum atomic E-state index is 13.1. The van der Waals surface area contributed by atoms with Gasteiger partial charge in [0, 0.05) is 37.1 Å². The van der Waals surface area contributed by atoms with Crippen LogP contribution in [0.3, 0.4) is 0 Å². The third-order valence-electron chi connectivity index (χ3n) is 5.71. The van der Waals surface area contributed by atoms with E-state index in [2.05, 4.69) is 20.6 Å². The molecule has 9 nitrogen and oxygen atoms in total. The van der Waals surface area contributed by atoms with E-state index >= 15 is 0 Å². The number of carbonyl (C=O) groups excluding carboxylic acids is 3. The van der Waals surface area contributed by atoms with Crippen LogP contribution in [-0.2, 0) is 0 Å². The standard InChI is InChI=1S/C25H24FN5O4/c1-35-20-5-3-2-4-19(20)23(32)30-22-21(27-12-13-28-22)24(33)29-18-10-14-31(15-11-18)25(34)16-6-8-17(26)9-7-16/h2-9,12-13,18H,10-11,14-15H2,1H3,(H,29,33)(H,28,30,32). The van der Waals surface area contributed by atoms with Crippen LogP contribution in [0.2, 0.25) is 0 Å². The first-order chi connectivity index (χ1) is 17.0. The number of likely N-dealkylation sites (tertiary alicyclic amines) is 1. The van der Waals surface area contributed by atoms with E-state index in [4.69, 9.17) is 4.74 Å². The Labute approximate surface area is 201 Å². The van der Waals surface area contributed by atoms with Crippen LogP contribution in [0.15, 0.2) is 60.9 Å². The van der Waals surface area contributed by atoms with Crippen molar-refractivity contribution >= 4 is 23.5 Å². The number of piperidine rings is 1. The lowest BCUT2D eigenvalue weighted by atomic mass is 10.0. The first kappa shape index (κ1) is 23.8. The normalized spacial score (nSPS) is 13.7. The Kier molecular flexibility index (Phi) is 7.30. The van der Waals surface area contributed by atoms with Crippen molar-refractivity contribution < 1.29 is 23.5 Å². The zero-order valence-electron chi connectivity index (χ0n) is 19.0. The summed E-state index contributed by atoms with van der Waals surface area (Å²) >= 11 is 0. The van der Waals surface area contributed by atoms with Gasteiger partial charge in [0.2, 0.25) is 0 Å². The fraction of sp³-hybridized carbons (Fsp3) is 0.240. The number of anilines is 1. The molecule has 0 unspecified atom stereocenters. The number of methoxy groups -OCH3 is 1. The fourth-order valence-electron chi connectivity index (χ4n) is 3.86. The third kappa shape index (κ3) is 5.60. The van der Waals surface area contributed by atoms with Gasteiger partial charge in [-0.3, -0.25) is 14.4 Å². The number of para-hydroxylation sites is 1. The molecule has 1 aliphatic rings. The molecule has 180 valence electrons. The molecule has 2 aromatic carbocycles. The number of nitrogens with zero attached hydrogens (tertiary/aromatic N) is 3. The number of amides is 3. The Morgan fingerprint density at radius 1 is 0.971 bits per heavy atom. The van der Waals surface area contributed by atoms with Crippen molar-refractivity contribution in [3.63, 3.8) is 0 Å². The SMILES string of the molecule is COc1ccccc1C(=O)Nc1nccnc1C(=O)NC1CCN(C(=O)c2ccc(F)cc2)CC1. The van der Waals surface area contributed by atoms with Gasteiger partial charge in [-0.05, 0) is 49.2 Å². The van der Waals surface area contributed by atoms with Crippen LogP contribution in [0.5, 0.6) is 5.75 Å². The Morgan fingerprint density at radius 2 is 1.66 bits per heavy atom. The van der Waals surface area contributed by atoms with E-state index in [0.29, 0.717) is 42.8 Å². The largest absolute Gasteiger partial charge is 0.496 e. The van der Waals surface area contributed by atoms with Gasteiger partial charge in [-0.25, -0.2) is 14.4 Å².